The van der Waals surface area contributed by atoms with Gasteiger partial charge in [0.25, 0.3) is 0 Å². The standard InChI is InChI=1S/C11H16N4/c1-2-7-3-8-5-9(10(8)4-7)6-11-12-14-15-13-11/h4,8-10H,2-3,5-6H2,1H3,(H,12,13,14,15)/t8-,9-,10-/m0/s1. The summed E-state index contributed by atoms with van der Waals surface area (Å²) in [5.41, 5.74) is 1.65. The van der Waals surface area contributed by atoms with Crippen LogP contribution >= 0.6 is 0 Å². The zero-order valence-corrected chi connectivity index (χ0v) is 8.98. The monoisotopic (exact) mass is 204 g/mol. The Labute approximate surface area is 89.2 Å². The van der Waals surface area contributed by atoms with Crippen molar-refractivity contribution >= 4 is 0 Å². The van der Waals surface area contributed by atoms with E-state index in [-0.39, 0.29) is 0 Å². The van der Waals surface area contributed by atoms with Crippen LogP contribution in [0.1, 0.15) is 32.0 Å². The Morgan fingerprint density at radius 3 is 3.20 bits per heavy atom. The molecule has 15 heavy (non-hydrogen) atoms. The van der Waals surface area contributed by atoms with Gasteiger partial charge in [0.15, 0.2) is 5.82 Å². The van der Waals surface area contributed by atoms with Crippen LogP contribution < -0.4 is 0 Å². The van der Waals surface area contributed by atoms with E-state index in [1.165, 1.54) is 19.3 Å². The number of aromatic amines is 1. The van der Waals surface area contributed by atoms with Crippen LogP contribution in [0.25, 0.3) is 0 Å². The van der Waals surface area contributed by atoms with Crippen molar-refractivity contribution in [1.82, 2.24) is 20.6 Å². The van der Waals surface area contributed by atoms with Crippen molar-refractivity contribution in [2.24, 2.45) is 17.8 Å². The van der Waals surface area contributed by atoms with Crippen molar-refractivity contribution in [3.63, 3.8) is 0 Å². The lowest BCUT2D eigenvalue weighted by molar-refractivity contribution is 0.127. The number of hydrogen-bond donors (Lipinski definition) is 1. The van der Waals surface area contributed by atoms with Crippen LogP contribution in [0.15, 0.2) is 11.6 Å². The molecule has 0 aliphatic heterocycles. The summed E-state index contributed by atoms with van der Waals surface area (Å²) >= 11 is 0. The molecule has 1 fully saturated rings. The van der Waals surface area contributed by atoms with E-state index in [2.05, 4.69) is 33.6 Å². The third kappa shape index (κ3) is 1.48. The van der Waals surface area contributed by atoms with Gasteiger partial charge in [0.1, 0.15) is 0 Å². The van der Waals surface area contributed by atoms with Gasteiger partial charge < -0.3 is 0 Å². The van der Waals surface area contributed by atoms with E-state index in [0.29, 0.717) is 0 Å². The fraction of sp³-hybridized carbons (Fsp3) is 0.727. The summed E-state index contributed by atoms with van der Waals surface area (Å²) < 4.78 is 0. The van der Waals surface area contributed by atoms with E-state index < -0.39 is 0 Å². The van der Waals surface area contributed by atoms with Crippen LogP contribution in [0.4, 0.5) is 0 Å². The lowest BCUT2D eigenvalue weighted by Crippen LogP contribution is -2.34. The van der Waals surface area contributed by atoms with Crippen LogP contribution in [0.3, 0.4) is 0 Å². The molecule has 0 aromatic carbocycles. The minimum absolute atomic E-state index is 0.761. The molecule has 3 atom stereocenters. The van der Waals surface area contributed by atoms with Crippen molar-refractivity contribution in [1.29, 1.82) is 0 Å². The van der Waals surface area contributed by atoms with Crippen LogP contribution in [-0.4, -0.2) is 20.6 Å². The van der Waals surface area contributed by atoms with Gasteiger partial charge in [-0.05, 0) is 37.0 Å². The first kappa shape index (κ1) is 9.07. The molecule has 1 heterocycles. The summed E-state index contributed by atoms with van der Waals surface area (Å²) in [6.07, 6.45) is 7.40. The highest BCUT2D eigenvalue weighted by molar-refractivity contribution is 5.19. The van der Waals surface area contributed by atoms with Gasteiger partial charge in [-0.15, -0.1) is 10.2 Å². The van der Waals surface area contributed by atoms with Gasteiger partial charge in [-0.3, -0.25) is 0 Å². The predicted octanol–water partition coefficient (Wildman–Crippen LogP) is 1.73. The minimum Gasteiger partial charge on any atom is -0.177 e. The first-order valence-electron chi connectivity index (χ1n) is 5.78. The van der Waals surface area contributed by atoms with Crippen molar-refractivity contribution in [3.05, 3.63) is 17.5 Å². The van der Waals surface area contributed by atoms with E-state index in [9.17, 15) is 0 Å². The molecule has 80 valence electrons. The van der Waals surface area contributed by atoms with Crippen LogP contribution in [0, 0.1) is 17.8 Å². The van der Waals surface area contributed by atoms with Crippen molar-refractivity contribution in [2.45, 2.75) is 32.6 Å². The first-order chi connectivity index (χ1) is 7.36. The highest BCUT2D eigenvalue weighted by Gasteiger charge is 2.43. The average Bonchev–Trinajstić information content (AvgIpc) is 2.82. The number of allylic oxidation sites excluding steroid dienone is 2. The summed E-state index contributed by atoms with van der Waals surface area (Å²) in [7, 11) is 0. The molecule has 0 spiro atoms. The van der Waals surface area contributed by atoms with Gasteiger partial charge in [-0.2, -0.15) is 5.21 Å². The molecular formula is C11H16N4. The van der Waals surface area contributed by atoms with Crippen molar-refractivity contribution in [3.8, 4) is 0 Å². The average molecular weight is 204 g/mol. The first-order valence-corrected chi connectivity index (χ1v) is 5.78. The molecule has 2 aliphatic carbocycles. The second-order valence-electron chi connectivity index (χ2n) is 4.75. The largest absolute Gasteiger partial charge is 0.177 e. The number of nitrogens with zero attached hydrogens (tertiary/aromatic N) is 3. The number of fused-ring (bicyclic) bond motifs is 1. The fourth-order valence-corrected chi connectivity index (χ4v) is 3.05. The van der Waals surface area contributed by atoms with Gasteiger partial charge in [0.05, 0.1) is 0 Å². The molecule has 1 aromatic heterocycles. The SMILES string of the molecule is CCC1=C[C@@H]2[C@H](Cc3nn[nH]n3)C[C@@H]2C1. The summed E-state index contributed by atoms with van der Waals surface area (Å²) in [6.45, 7) is 2.25. The molecule has 1 saturated carbocycles. The van der Waals surface area contributed by atoms with E-state index in [0.717, 1.165) is 30.0 Å². The third-order valence-corrected chi connectivity index (χ3v) is 3.93. The van der Waals surface area contributed by atoms with E-state index in [4.69, 9.17) is 0 Å². The fourth-order valence-electron chi connectivity index (χ4n) is 3.05. The summed E-state index contributed by atoms with van der Waals surface area (Å²) in [6, 6.07) is 0. The molecule has 0 saturated heterocycles. The molecule has 4 heteroatoms. The van der Waals surface area contributed by atoms with Crippen LogP contribution in [-0.2, 0) is 6.42 Å². The number of nitrogens with one attached hydrogen (secondary N) is 1. The zero-order chi connectivity index (χ0) is 10.3. The van der Waals surface area contributed by atoms with Gasteiger partial charge in [-0.1, -0.05) is 23.8 Å². The van der Waals surface area contributed by atoms with Gasteiger partial charge in [0.2, 0.25) is 0 Å². The maximum absolute atomic E-state index is 4.02. The molecule has 0 amide bonds. The molecule has 0 unspecified atom stereocenters. The van der Waals surface area contributed by atoms with Gasteiger partial charge in [0, 0.05) is 6.42 Å². The van der Waals surface area contributed by atoms with Crippen LogP contribution in [0.5, 0.6) is 0 Å². The number of rotatable bonds is 3. The Morgan fingerprint density at radius 1 is 1.53 bits per heavy atom. The molecule has 3 rings (SSSR count). The highest BCUT2D eigenvalue weighted by atomic mass is 15.5. The van der Waals surface area contributed by atoms with Gasteiger partial charge >= 0.3 is 0 Å². The Hall–Kier alpha value is -1.19. The normalized spacial score (nSPS) is 33.4. The van der Waals surface area contributed by atoms with Gasteiger partial charge in [-0.25, -0.2) is 0 Å². The molecule has 2 aliphatic rings. The second kappa shape index (κ2) is 3.43. The topological polar surface area (TPSA) is 54.5 Å². The number of tetrazole rings is 1. The molecule has 1 N–H and O–H groups in total. The van der Waals surface area contributed by atoms with Crippen LogP contribution in [0.2, 0.25) is 0 Å². The lowest BCUT2D eigenvalue weighted by atomic mass is 9.65. The molecular weight excluding hydrogens is 188 g/mol. The van der Waals surface area contributed by atoms with E-state index in [1.807, 2.05) is 0 Å². The molecule has 0 radical (unpaired) electrons. The predicted molar refractivity (Wildman–Crippen MR) is 56.0 cm³/mol. The second-order valence-corrected chi connectivity index (χ2v) is 4.75. The summed E-state index contributed by atoms with van der Waals surface area (Å²) in [4.78, 5) is 0. The Balaban J connectivity index is 1.65. The molecule has 4 nitrogen and oxygen atoms in total. The van der Waals surface area contributed by atoms with Crippen molar-refractivity contribution in [2.75, 3.05) is 0 Å². The Kier molecular flexibility index (Phi) is 2.08. The molecule has 0 bridgehead atoms. The maximum atomic E-state index is 4.02. The Bertz CT molecular complexity index is 368. The number of H-pyrrole nitrogens is 1. The smallest absolute Gasteiger partial charge is 0.174 e. The summed E-state index contributed by atoms with van der Waals surface area (Å²) in [5, 5.41) is 14.2. The number of hydrogen-bond acceptors (Lipinski definition) is 3. The quantitative estimate of drug-likeness (QED) is 0.763. The van der Waals surface area contributed by atoms with E-state index in [1.54, 1.807) is 5.57 Å². The third-order valence-electron chi connectivity index (χ3n) is 3.93. The van der Waals surface area contributed by atoms with E-state index >= 15 is 0 Å². The Morgan fingerprint density at radius 2 is 2.47 bits per heavy atom. The highest BCUT2D eigenvalue weighted by Crippen LogP contribution is 2.51. The number of aromatic nitrogens is 4. The summed E-state index contributed by atoms with van der Waals surface area (Å²) in [5.74, 6) is 3.36. The maximum Gasteiger partial charge on any atom is 0.174 e. The molecule has 1 aromatic rings. The lowest BCUT2D eigenvalue weighted by Gasteiger charge is -2.39. The van der Waals surface area contributed by atoms with Crippen molar-refractivity contribution < 1.29 is 0 Å². The zero-order valence-electron chi connectivity index (χ0n) is 8.98. The minimum atomic E-state index is 0.761.